The van der Waals surface area contributed by atoms with E-state index in [-0.39, 0.29) is 6.42 Å². The normalized spacial score (nSPS) is 24.8. The lowest BCUT2D eigenvalue weighted by atomic mass is 9.85. The zero-order valence-corrected chi connectivity index (χ0v) is 20.3. The number of hydrogen-bond donors (Lipinski definition) is 2. The van der Waals surface area contributed by atoms with Gasteiger partial charge < -0.3 is 15.4 Å². The molecule has 2 aromatic carbocycles. The molecule has 192 valence electrons. The van der Waals surface area contributed by atoms with Gasteiger partial charge in [0.1, 0.15) is 23.5 Å². The highest BCUT2D eigenvalue weighted by Crippen LogP contribution is 2.44. The van der Waals surface area contributed by atoms with Crippen molar-refractivity contribution < 1.29 is 27.5 Å². The number of rotatable bonds is 3. The van der Waals surface area contributed by atoms with Crippen molar-refractivity contribution in [1.82, 2.24) is 15.5 Å². The molecule has 2 saturated heterocycles. The second-order valence-corrected chi connectivity index (χ2v) is 10.1. The number of halogens is 3. The number of carbonyl (C=O) groups is 2. The predicted octanol–water partition coefficient (Wildman–Crippen LogP) is 4.54. The van der Waals surface area contributed by atoms with Crippen LogP contribution in [-0.2, 0) is 9.59 Å². The van der Waals surface area contributed by atoms with Crippen molar-refractivity contribution in [2.24, 2.45) is 5.92 Å². The smallest absolute Gasteiger partial charge is 0.410 e. The molecule has 36 heavy (non-hydrogen) atoms. The van der Waals surface area contributed by atoms with Gasteiger partial charge in [-0.15, -0.1) is 0 Å². The first-order valence-corrected chi connectivity index (χ1v) is 12.4. The molecule has 3 aliphatic heterocycles. The number of hydrogen-bond acceptors (Lipinski definition) is 4. The third kappa shape index (κ3) is 4.68. The average molecular weight is 502 g/mol. The summed E-state index contributed by atoms with van der Waals surface area (Å²) in [6.45, 7) is 4.93. The van der Waals surface area contributed by atoms with Crippen LogP contribution in [-0.4, -0.2) is 48.1 Å². The standard InChI is InChI=1S/C27H30F3N3O3/c1-15-6-8-17-21(12-15)36-22-13-16(2)7-9-18(22)23(17)31-25(34)19-14-20(33-10-4-3-5-11-33)24(27(28,29)30)32-26(19)35/h6-9,12-13,19-20,23-24H,3-5,10-11,14H2,1-2H3,(H,31,34)(H,32,35). The Morgan fingerprint density at radius 1 is 1.00 bits per heavy atom. The lowest BCUT2D eigenvalue weighted by Gasteiger charge is -2.44. The highest BCUT2D eigenvalue weighted by atomic mass is 19.4. The first-order chi connectivity index (χ1) is 17.1. The monoisotopic (exact) mass is 501 g/mol. The summed E-state index contributed by atoms with van der Waals surface area (Å²) in [4.78, 5) is 28.1. The van der Waals surface area contributed by atoms with Crippen molar-refractivity contribution in [3.05, 3.63) is 58.7 Å². The molecule has 0 aromatic heterocycles. The van der Waals surface area contributed by atoms with Crippen molar-refractivity contribution in [2.45, 2.75) is 63.8 Å². The molecule has 2 N–H and O–H groups in total. The van der Waals surface area contributed by atoms with Gasteiger partial charge in [-0.3, -0.25) is 14.5 Å². The van der Waals surface area contributed by atoms with Crippen LogP contribution in [0.2, 0.25) is 0 Å². The molecule has 2 fully saturated rings. The second kappa shape index (κ2) is 9.42. The molecule has 3 atom stereocenters. The van der Waals surface area contributed by atoms with E-state index in [1.165, 1.54) is 0 Å². The molecular weight excluding hydrogens is 471 g/mol. The summed E-state index contributed by atoms with van der Waals surface area (Å²) in [5.41, 5.74) is 3.46. The number of piperidine rings is 2. The van der Waals surface area contributed by atoms with Crippen LogP contribution in [0.25, 0.3) is 0 Å². The Kier molecular flexibility index (Phi) is 6.44. The maximum absolute atomic E-state index is 13.9. The molecule has 0 radical (unpaired) electrons. The number of nitrogens with one attached hydrogen (secondary N) is 2. The quantitative estimate of drug-likeness (QED) is 0.606. The molecule has 3 unspecified atom stereocenters. The lowest BCUT2D eigenvalue weighted by molar-refractivity contribution is -0.185. The maximum atomic E-state index is 13.9. The van der Waals surface area contributed by atoms with E-state index in [2.05, 4.69) is 10.6 Å². The van der Waals surface area contributed by atoms with Crippen molar-refractivity contribution in [2.75, 3.05) is 13.1 Å². The van der Waals surface area contributed by atoms with Crippen LogP contribution < -0.4 is 15.4 Å². The largest absolute Gasteiger partial charge is 0.457 e. The number of nitrogens with zero attached hydrogens (tertiary/aromatic N) is 1. The van der Waals surface area contributed by atoms with E-state index in [1.807, 2.05) is 50.2 Å². The van der Waals surface area contributed by atoms with Crippen LogP contribution >= 0.6 is 0 Å². The Bertz CT molecular complexity index is 1130. The van der Waals surface area contributed by atoms with Gasteiger partial charge in [-0.05, 0) is 69.5 Å². The molecule has 0 aliphatic carbocycles. The van der Waals surface area contributed by atoms with Crippen LogP contribution in [0.5, 0.6) is 11.5 Å². The molecule has 3 aliphatic rings. The summed E-state index contributed by atoms with van der Waals surface area (Å²) in [6, 6.07) is 7.79. The molecule has 6 nitrogen and oxygen atoms in total. The number of likely N-dealkylation sites (tertiary alicyclic amines) is 1. The maximum Gasteiger partial charge on any atom is 0.410 e. The molecule has 0 saturated carbocycles. The Morgan fingerprint density at radius 3 is 2.14 bits per heavy atom. The van der Waals surface area contributed by atoms with E-state index in [9.17, 15) is 22.8 Å². The van der Waals surface area contributed by atoms with Crippen molar-refractivity contribution in [3.8, 4) is 11.5 Å². The Labute approximate surface area is 208 Å². The fourth-order valence-electron chi connectivity index (χ4n) is 5.59. The van der Waals surface area contributed by atoms with Crippen LogP contribution in [0.3, 0.4) is 0 Å². The van der Waals surface area contributed by atoms with E-state index < -0.39 is 42.0 Å². The third-order valence-corrected chi connectivity index (χ3v) is 7.47. The number of fused-ring (bicyclic) bond motifs is 2. The zero-order chi connectivity index (χ0) is 25.6. The first-order valence-electron chi connectivity index (χ1n) is 12.4. The lowest BCUT2D eigenvalue weighted by Crippen LogP contribution is -2.66. The van der Waals surface area contributed by atoms with Gasteiger partial charge in [-0.2, -0.15) is 13.2 Å². The second-order valence-electron chi connectivity index (χ2n) is 10.1. The number of carbonyl (C=O) groups excluding carboxylic acids is 2. The number of aryl methyl sites for hydroxylation is 2. The van der Waals surface area contributed by atoms with Gasteiger partial charge in [-0.25, -0.2) is 0 Å². The molecule has 5 rings (SSSR count). The van der Waals surface area contributed by atoms with E-state index in [1.54, 1.807) is 4.90 Å². The van der Waals surface area contributed by atoms with Gasteiger partial charge in [0.15, 0.2) is 0 Å². The molecule has 0 bridgehead atoms. The van der Waals surface area contributed by atoms with E-state index >= 15 is 0 Å². The minimum Gasteiger partial charge on any atom is -0.457 e. The number of benzene rings is 2. The summed E-state index contributed by atoms with van der Waals surface area (Å²) in [6.07, 6.45) is -2.18. The fraction of sp³-hybridized carbons (Fsp3) is 0.481. The molecule has 2 amide bonds. The van der Waals surface area contributed by atoms with Gasteiger partial charge >= 0.3 is 6.18 Å². The number of ether oxygens (including phenoxy) is 1. The Hall–Kier alpha value is -3.07. The van der Waals surface area contributed by atoms with Crippen LogP contribution in [0.1, 0.15) is 54.0 Å². The van der Waals surface area contributed by atoms with Crippen LogP contribution in [0.4, 0.5) is 13.2 Å². The fourth-order valence-corrected chi connectivity index (χ4v) is 5.59. The average Bonchev–Trinajstić information content (AvgIpc) is 2.83. The summed E-state index contributed by atoms with van der Waals surface area (Å²) in [7, 11) is 0. The van der Waals surface area contributed by atoms with Crippen molar-refractivity contribution >= 4 is 11.8 Å². The molecule has 2 aromatic rings. The van der Waals surface area contributed by atoms with Crippen molar-refractivity contribution in [1.29, 1.82) is 0 Å². The highest BCUT2D eigenvalue weighted by molar-refractivity contribution is 6.01. The highest BCUT2D eigenvalue weighted by Gasteiger charge is 2.53. The summed E-state index contributed by atoms with van der Waals surface area (Å²) >= 11 is 0. The molecular formula is C27H30F3N3O3. The molecule has 0 spiro atoms. The van der Waals surface area contributed by atoms with E-state index in [0.717, 1.165) is 41.5 Å². The summed E-state index contributed by atoms with van der Waals surface area (Å²) in [5, 5.41) is 5.10. The number of amides is 2. The van der Waals surface area contributed by atoms with E-state index in [0.29, 0.717) is 24.6 Å². The van der Waals surface area contributed by atoms with Gasteiger partial charge in [-0.1, -0.05) is 30.7 Å². The predicted molar refractivity (Wildman–Crippen MR) is 128 cm³/mol. The minimum absolute atomic E-state index is 0.174. The van der Waals surface area contributed by atoms with Crippen LogP contribution in [0.15, 0.2) is 36.4 Å². The van der Waals surface area contributed by atoms with Gasteiger partial charge in [0.05, 0.1) is 6.04 Å². The van der Waals surface area contributed by atoms with Gasteiger partial charge in [0.2, 0.25) is 11.8 Å². The first kappa shape index (κ1) is 24.6. The Morgan fingerprint density at radius 2 is 1.58 bits per heavy atom. The van der Waals surface area contributed by atoms with Gasteiger partial charge in [0.25, 0.3) is 0 Å². The summed E-state index contributed by atoms with van der Waals surface area (Å²) < 4.78 is 47.7. The molecule has 9 heteroatoms. The van der Waals surface area contributed by atoms with E-state index in [4.69, 9.17) is 4.74 Å². The Balaban J connectivity index is 1.43. The van der Waals surface area contributed by atoms with Crippen molar-refractivity contribution in [3.63, 3.8) is 0 Å². The molecule has 3 heterocycles. The summed E-state index contributed by atoms with van der Waals surface area (Å²) in [5.74, 6) is -1.48. The van der Waals surface area contributed by atoms with Gasteiger partial charge in [0, 0.05) is 17.2 Å². The van der Waals surface area contributed by atoms with Crippen LogP contribution in [0, 0.1) is 19.8 Å². The number of alkyl halides is 3. The third-order valence-electron chi connectivity index (χ3n) is 7.47. The zero-order valence-electron chi connectivity index (χ0n) is 20.3. The topological polar surface area (TPSA) is 70.7 Å². The SMILES string of the molecule is Cc1ccc2c(c1)Oc1cc(C)ccc1C2NC(=O)C1CC(N2CCCCC2)C(C(F)(F)F)NC1=O. The minimum atomic E-state index is -4.59.